The molecule has 2 aliphatic carbocycles. The highest BCUT2D eigenvalue weighted by Gasteiger charge is 2.47. The number of benzene rings is 6. The Bertz CT molecular complexity index is 4130. The van der Waals surface area contributed by atoms with Gasteiger partial charge < -0.3 is 79.0 Å². The molecule has 8 N–H and O–H groups in total. The minimum absolute atomic E-state index is 0.0207. The molecule has 26 nitrogen and oxygen atoms in total. The van der Waals surface area contributed by atoms with Gasteiger partial charge in [0.05, 0.1) is 122 Å². The second kappa shape index (κ2) is 46.0. The van der Waals surface area contributed by atoms with Crippen molar-refractivity contribution in [3.8, 4) is 34.5 Å². The number of carbonyl (C=O) groups is 4. The molecule has 2 saturated carbocycles. The Kier molecular flexibility index (Phi) is 36.8. The van der Waals surface area contributed by atoms with E-state index in [1.54, 1.807) is 0 Å². The van der Waals surface area contributed by atoms with Crippen LogP contribution in [-0.4, -0.2) is 190 Å². The number of ether oxygens (including phenoxy) is 9. The summed E-state index contributed by atoms with van der Waals surface area (Å²) in [5.74, 6) is -1.57. The van der Waals surface area contributed by atoms with Crippen molar-refractivity contribution in [2.24, 2.45) is 5.73 Å². The maximum Gasteiger partial charge on any atom is 0.502 e. The number of fused-ring (bicyclic) bond motifs is 4. The summed E-state index contributed by atoms with van der Waals surface area (Å²) in [4.78, 5) is 50.0. The molecule has 0 radical (unpaired) electrons. The first kappa shape index (κ1) is 90.6. The fourth-order valence-corrected chi connectivity index (χ4v) is 15.9. The molecule has 113 heavy (non-hydrogen) atoms. The second-order valence-corrected chi connectivity index (χ2v) is 30.8. The number of carbonyl (C=O) groups excluding carboxylic acids is 4. The number of nitrogens with zero attached hydrogens (tertiary/aromatic N) is 2. The van der Waals surface area contributed by atoms with Crippen molar-refractivity contribution in [2.45, 2.75) is 168 Å². The number of nitrogens with two attached hydrogens (primary N) is 1. The molecule has 6 aromatic rings. The van der Waals surface area contributed by atoms with Gasteiger partial charge in [0.2, 0.25) is 37.6 Å². The number of amides is 2. The number of hydrogen-bond acceptors (Lipinski definition) is 22. The molecule has 0 spiro atoms. The van der Waals surface area contributed by atoms with Crippen LogP contribution >= 0.6 is 23.2 Å². The van der Waals surface area contributed by atoms with Crippen LogP contribution in [0, 0.1) is 0 Å². The van der Waals surface area contributed by atoms with Gasteiger partial charge in [-0.1, -0.05) is 86.3 Å². The highest BCUT2D eigenvalue weighted by atomic mass is 35.5. The smallest absolute Gasteiger partial charge is 0.459 e. The summed E-state index contributed by atoms with van der Waals surface area (Å²) >= 11 is 11.2. The summed E-state index contributed by atoms with van der Waals surface area (Å²) in [6.45, 7) is 5.70. The Morgan fingerprint density at radius 3 is 1.27 bits per heavy atom. The quantitative estimate of drug-likeness (QED) is 0.00809. The highest BCUT2D eigenvalue weighted by molar-refractivity contribution is 7.89. The summed E-state index contributed by atoms with van der Waals surface area (Å²) in [5, 5.41) is 28.2. The maximum absolute atomic E-state index is 14.8. The number of Topliss-reactive ketones (excluding diaryl/α,β-unsaturated/α-hetero) is 1. The van der Waals surface area contributed by atoms with Crippen molar-refractivity contribution in [1.29, 1.82) is 0 Å². The molecule has 6 atom stereocenters. The lowest BCUT2D eigenvalue weighted by Gasteiger charge is -2.44. The van der Waals surface area contributed by atoms with Crippen LogP contribution in [0.3, 0.4) is 0 Å². The zero-order chi connectivity index (χ0) is 81.2. The van der Waals surface area contributed by atoms with E-state index >= 15 is 0 Å². The number of hydrogen-bond donors (Lipinski definition) is 7. The van der Waals surface area contributed by atoms with Crippen LogP contribution in [0.15, 0.2) is 155 Å². The van der Waals surface area contributed by atoms with E-state index in [9.17, 15) is 63.8 Å². The average molecular weight is 1660 g/mol. The van der Waals surface area contributed by atoms with Crippen molar-refractivity contribution >= 4 is 89.6 Å². The minimum atomic E-state index is -4.35. The van der Waals surface area contributed by atoms with Crippen molar-refractivity contribution in [1.82, 2.24) is 20.1 Å². The van der Waals surface area contributed by atoms with E-state index in [0.29, 0.717) is 114 Å². The molecule has 4 aliphatic rings. The molecule has 2 unspecified atom stereocenters. The zero-order valence-corrected chi connectivity index (χ0v) is 66.1. The van der Waals surface area contributed by atoms with Crippen LogP contribution in [0.5, 0.6) is 34.5 Å². The number of aliphatic hydroxyl groups is 2. The molecule has 2 fully saturated rings. The van der Waals surface area contributed by atoms with Crippen LogP contribution in [-0.2, 0) is 62.9 Å². The Hall–Kier alpha value is -7.96. The first-order valence-corrected chi connectivity index (χ1v) is 41.9. The predicted octanol–water partition coefficient (Wildman–Crippen LogP) is 12.1. The molecular weight excluding hydrogens is 1560 g/mol. The van der Waals surface area contributed by atoms with Gasteiger partial charge in [-0.15, -0.1) is 23.2 Å². The summed E-state index contributed by atoms with van der Waals surface area (Å²) in [7, 11) is -8.62. The van der Waals surface area contributed by atoms with Gasteiger partial charge >= 0.3 is 18.2 Å². The number of aliphatic hydroxyl groups excluding tert-OH is 2. The fourth-order valence-electron chi connectivity index (χ4n) is 12.9. The molecule has 34 heteroatoms. The molecule has 2 heterocycles. The molecule has 0 bridgehead atoms. The molecule has 0 saturated heterocycles. The lowest BCUT2D eigenvalue weighted by molar-refractivity contribution is -0.216. The van der Waals surface area contributed by atoms with Crippen molar-refractivity contribution < 1.29 is 106 Å². The monoisotopic (exact) mass is 1660 g/mol. The normalized spacial score (nSPS) is 17.8. The van der Waals surface area contributed by atoms with Gasteiger partial charge in [0.15, 0.2) is 23.0 Å². The third-order valence-corrected chi connectivity index (χ3v) is 21.9. The van der Waals surface area contributed by atoms with E-state index in [2.05, 4.69) is 34.3 Å². The molecule has 10 rings (SSSR count). The minimum Gasteiger partial charge on any atom is -0.459 e. The standard InChI is InChI=1S/C39H48ClF2N3O9S.C28H28F2N2O7S.C12H25ClN2O3/c40-21-7-1-2-8-23-51-25-26-52-24-22-43-37(47)20-19-36(46)39(41,42)54-28-11-9-12-29(27-28)55(49,50)44-30-13-10-16-33(38(30)48)45-31-14-3-5-17-34(31)53-35-18-6-4-15-32(35)45;1-2-37-27(34)28(29,30)39-18-9-7-10-19(17-18)40(35,36)31-20-11-8-14-23(26(20)33)32-21-12-3-5-15-24(21)38-25-16-6-4-13-22(25)32;13-5-3-1-2-4-7-17-9-10-18-8-6-15-12(16)11-14/h3-6,9,11-12,14-15,17-18,27,30,33,38,44,48H,1-2,7-8,10,13,16,19-26H2,(H,43,47);3-7,9-10,12-13,15-17,20,23,26,31,33H,2,8,11,14H2,1H3;1-11,14H2,(H,15,16)/t30-,33?,38+;20-,23?,26+;/m11./s1. The number of unbranched alkanes of at least 4 members (excludes halogenated alkanes) is 6. The van der Waals surface area contributed by atoms with Gasteiger partial charge in [0, 0.05) is 63.0 Å². The molecule has 2 amide bonds. The van der Waals surface area contributed by atoms with Crippen LogP contribution in [0.1, 0.15) is 110 Å². The average Bonchev–Trinajstić information content (AvgIpc) is 0.758. The largest absolute Gasteiger partial charge is 0.502 e. The highest BCUT2D eigenvalue weighted by Crippen LogP contribution is 2.51. The number of nitrogens with one attached hydrogen (secondary N) is 4. The molecule has 620 valence electrons. The van der Waals surface area contributed by atoms with Gasteiger partial charge in [-0.3, -0.25) is 14.4 Å². The SMILES string of the molecule is CCOC(=O)C(F)(F)Oc1cccc(S(=O)(=O)N[C@@H]2CCCC(N3c4ccccc4Oc4ccccc43)[C@H]2O)c1.NCC(=O)NCCOCCOCCCCCCCl.O=C(CCC(=O)C(F)(F)Oc1cccc(S(=O)(=O)N[C@@H]2CCCC(N3c4ccccc4Oc4ccccc43)[C@H]2O)c1)NCCOCCOCCCCCCCl. The van der Waals surface area contributed by atoms with E-state index in [0.717, 1.165) is 98.0 Å². The van der Waals surface area contributed by atoms with E-state index < -0.39 is 116 Å². The van der Waals surface area contributed by atoms with Crippen molar-refractivity contribution in [2.75, 3.05) is 101 Å². The third-order valence-electron chi connectivity index (χ3n) is 18.4. The number of rotatable bonds is 43. The Morgan fingerprint density at radius 2 is 0.876 bits per heavy atom. The van der Waals surface area contributed by atoms with Gasteiger partial charge in [0.25, 0.3) is 0 Å². The van der Waals surface area contributed by atoms with E-state index in [4.69, 9.17) is 57.4 Å². The number of ketones is 1. The number of sulfonamides is 2. The molecule has 0 aromatic heterocycles. The van der Waals surface area contributed by atoms with Crippen LogP contribution in [0.25, 0.3) is 0 Å². The molecular formula is C79H101Cl2F4N7O19S2. The lowest BCUT2D eigenvalue weighted by atomic mass is 9.86. The molecule has 6 aromatic carbocycles. The number of para-hydroxylation sites is 8. The zero-order valence-electron chi connectivity index (χ0n) is 62.9. The topological polar surface area (TPSA) is 341 Å². The summed E-state index contributed by atoms with van der Waals surface area (Å²) in [5.41, 5.74) is 8.10. The summed E-state index contributed by atoms with van der Waals surface area (Å²) < 4.78 is 164. The third kappa shape index (κ3) is 27.6. The van der Waals surface area contributed by atoms with Crippen LogP contribution < -0.4 is 54.6 Å². The van der Waals surface area contributed by atoms with Gasteiger partial charge in [0.1, 0.15) is 11.5 Å². The Balaban J connectivity index is 0.000000240. The second-order valence-electron chi connectivity index (χ2n) is 26.6. The number of esters is 1. The van der Waals surface area contributed by atoms with Gasteiger partial charge in [-0.25, -0.2) is 31.1 Å². The number of halogens is 6. The number of anilines is 4. The Morgan fingerprint density at radius 1 is 0.496 bits per heavy atom. The first-order valence-electron chi connectivity index (χ1n) is 37.8. The fraction of sp³-hybridized carbons (Fsp3) is 0.494. The van der Waals surface area contributed by atoms with Crippen LogP contribution in [0.2, 0.25) is 0 Å². The van der Waals surface area contributed by atoms with Gasteiger partial charge in [-0.2, -0.15) is 17.6 Å². The van der Waals surface area contributed by atoms with E-state index in [1.165, 1.54) is 44.0 Å². The summed E-state index contributed by atoms with van der Waals surface area (Å²) in [6.07, 6.45) is -0.621. The van der Waals surface area contributed by atoms with Crippen molar-refractivity contribution in [3.05, 3.63) is 146 Å². The summed E-state index contributed by atoms with van der Waals surface area (Å²) in [6, 6.07) is 35.6. The lowest BCUT2D eigenvalue weighted by Crippen LogP contribution is -2.56. The first-order chi connectivity index (χ1) is 54.4. The Labute approximate surface area is 667 Å². The van der Waals surface area contributed by atoms with Gasteiger partial charge in [-0.05, 0) is 144 Å². The van der Waals surface area contributed by atoms with Crippen LogP contribution in [0.4, 0.5) is 40.3 Å². The predicted molar refractivity (Wildman–Crippen MR) is 417 cm³/mol. The maximum atomic E-state index is 14.8. The van der Waals surface area contributed by atoms with E-state index in [1.807, 2.05) is 107 Å². The van der Waals surface area contributed by atoms with E-state index in [-0.39, 0.29) is 37.1 Å². The van der Waals surface area contributed by atoms with Crippen molar-refractivity contribution in [3.63, 3.8) is 0 Å². The molecule has 2 aliphatic heterocycles. The number of alkyl halides is 6.